The number of thiazole rings is 1. The second-order valence-corrected chi connectivity index (χ2v) is 5.70. The van der Waals surface area contributed by atoms with Crippen LogP contribution in [0.25, 0.3) is 11.3 Å². The van der Waals surface area contributed by atoms with Gasteiger partial charge in [-0.05, 0) is 25.3 Å². The van der Waals surface area contributed by atoms with Crippen molar-refractivity contribution in [3.63, 3.8) is 0 Å². The third-order valence-corrected chi connectivity index (χ3v) is 4.47. The van der Waals surface area contributed by atoms with E-state index in [1.54, 1.807) is 11.3 Å². The van der Waals surface area contributed by atoms with Crippen LogP contribution in [-0.2, 0) is 0 Å². The first-order valence-corrected chi connectivity index (χ1v) is 6.89. The third-order valence-electron chi connectivity index (χ3n) is 3.47. The van der Waals surface area contributed by atoms with Crippen LogP contribution in [0.3, 0.4) is 0 Å². The first kappa shape index (κ1) is 10.9. The molecule has 88 valence electrons. The van der Waals surface area contributed by atoms with E-state index < -0.39 is 0 Å². The fourth-order valence-electron chi connectivity index (χ4n) is 2.32. The first-order valence-electron chi connectivity index (χ1n) is 6.01. The molecule has 0 spiro atoms. The molecule has 0 atom stereocenters. The normalized spacial score (nSPS) is 23.4. The minimum atomic E-state index is 0.394. The number of nitrogens with two attached hydrogens (primary N) is 1. The topological polar surface area (TPSA) is 38.9 Å². The monoisotopic (exact) mass is 244 g/mol. The van der Waals surface area contributed by atoms with E-state index in [9.17, 15) is 0 Å². The highest BCUT2D eigenvalue weighted by Crippen LogP contribution is 2.38. The Labute approximate surface area is 106 Å². The summed E-state index contributed by atoms with van der Waals surface area (Å²) in [4.78, 5) is 4.76. The summed E-state index contributed by atoms with van der Waals surface area (Å²) >= 11 is 1.77. The van der Waals surface area contributed by atoms with E-state index in [0.717, 1.165) is 18.5 Å². The fourth-order valence-corrected chi connectivity index (χ4v) is 3.27. The summed E-state index contributed by atoms with van der Waals surface area (Å²) in [6, 6.07) is 8.80. The maximum absolute atomic E-state index is 5.83. The van der Waals surface area contributed by atoms with Gasteiger partial charge in [0.15, 0.2) is 0 Å². The van der Waals surface area contributed by atoms with Crippen LogP contribution >= 0.6 is 11.3 Å². The molecule has 0 bridgehead atoms. The number of benzene rings is 1. The molecule has 2 N–H and O–H groups in total. The molecule has 3 heteroatoms. The maximum atomic E-state index is 5.83. The van der Waals surface area contributed by atoms with Crippen LogP contribution in [0, 0.1) is 6.92 Å². The van der Waals surface area contributed by atoms with E-state index in [4.69, 9.17) is 10.7 Å². The lowest BCUT2D eigenvalue weighted by atomic mass is 9.81. The smallest absolute Gasteiger partial charge is 0.0964 e. The van der Waals surface area contributed by atoms with Crippen molar-refractivity contribution >= 4 is 11.3 Å². The molecule has 1 fully saturated rings. The number of rotatable bonds is 2. The summed E-state index contributed by atoms with van der Waals surface area (Å²) in [5.74, 6) is 0.604. The fraction of sp³-hybridized carbons (Fsp3) is 0.357. The first-order chi connectivity index (χ1) is 8.24. The van der Waals surface area contributed by atoms with Crippen molar-refractivity contribution in [2.24, 2.45) is 5.73 Å². The number of aryl methyl sites for hydroxylation is 1. The highest BCUT2D eigenvalue weighted by Gasteiger charge is 2.29. The molecule has 3 rings (SSSR count). The molecule has 17 heavy (non-hydrogen) atoms. The van der Waals surface area contributed by atoms with Crippen LogP contribution in [-0.4, -0.2) is 11.0 Å². The zero-order valence-corrected chi connectivity index (χ0v) is 10.7. The third kappa shape index (κ3) is 2.01. The molecule has 1 aromatic heterocycles. The Morgan fingerprint density at radius 1 is 1.29 bits per heavy atom. The van der Waals surface area contributed by atoms with Gasteiger partial charge in [0, 0.05) is 22.9 Å². The van der Waals surface area contributed by atoms with Gasteiger partial charge in [0.1, 0.15) is 0 Å². The van der Waals surface area contributed by atoms with Gasteiger partial charge in [-0.3, -0.25) is 0 Å². The lowest BCUT2D eigenvalue weighted by molar-refractivity contribution is 0.351. The average Bonchev–Trinajstić information content (AvgIpc) is 2.74. The maximum Gasteiger partial charge on any atom is 0.0964 e. The van der Waals surface area contributed by atoms with E-state index in [1.807, 2.05) is 0 Å². The quantitative estimate of drug-likeness (QED) is 0.880. The molecule has 1 heterocycles. The van der Waals surface area contributed by atoms with E-state index in [2.05, 4.69) is 36.6 Å². The van der Waals surface area contributed by atoms with Gasteiger partial charge in [-0.2, -0.15) is 0 Å². The van der Waals surface area contributed by atoms with Gasteiger partial charge < -0.3 is 5.73 Å². The van der Waals surface area contributed by atoms with Gasteiger partial charge in [-0.15, -0.1) is 11.3 Å². The van der Waals surface area contributed by atoms with Crippen LogP contribution in [0.2, 0.25) is 0 Å². The Hall–Kier alpha value is -1.19. The molecular formula is C14H16N2S. The summed E-state index contributed by atoms with van der Waals surface area (Å²) in [6.07, 6.45) is 2.20. The standard InChI is InChI=1S/C14H16N2S/c1-9-4-2-3-5-12(9)13-8-17-14(16-13)10-6-11(15)7-10/h2-5,8,10-11H,6-7,15H2,1H3. The molecule has 2 aromatic rings. The molecule has 1 aliphatic rings. The molecule has 1 saturated carbocycles. The summed E-state index contributed by atoms with van der Waals surface area (Å²) in [7, 11) is 0. The van der Waals surface area contributed by atoms with Crippen molar-refractivity contribution in [2.75, 3.05) is 0 Å². The Balaban J connectivity index is 1.88. The summed E-state index contributed by atoms with van der Waals surface area (Å²) < 4.78 is 0. The van der Waals surface area contributed by atoms with Crippen LogP contribution in [0.15, 0.2) is 29.6 Å². The van der Waals surface area contributed by atoms with Crippen molar-refractivity contribution in [1.29, 1.82) is 0 Å². The zero-order chi connectivity index (χ0) is 11.8. The number of nitrogens with zero attached hydrogens (tertiary/aromatic N) is 1. The predicted molar refractivity (Wildman–Crippen MR) is 72.2 cm³/mol. The summed E-state index contributed by atoms with van der Waals surface area (Å²) in [5.41, 5.74) is 9.47. The second-order valence-electron chi connectivity index (χ2n) is 4.81. The van der Waals surface area contributed by atoms with Crippen molar-refractivity contribution in [3.8, 4) is 11.3 Å². The number of aromatic nitrogens is 1. The van der Waals surface area contributed by atoms with Crippen molar-refractivity contribution in [1.82, 2.24) is 4.98 Å². The van der Waals surface area contributed by atoms with E-state index >= 15 is 0 Å². The van der Waals surface area contributed by atoms with Gasteiger partial charge in [0.2, 0.25) is 0 Å². The molecule has 0 aliphatic heterocycles. The van der Waals surface area contributed by atoms with Gasteiger partial charge in [0.25, 0.3) is 0 Å². The molecule has 0 saturated heterocycles. The molecule has 0 unspecified atom stereocenters. The van der Waals surface area contributed by atoms with Crippen molar-refractivity contribution < 1.29 is 0 Å². The Morgan fingerprint density at radius 3 is 2.76 bits per heavy atom. The SMILES string of the molecule is Cc1ccccc1-c1csc(C2CC(N)C2)n1. The number of hydrogen-bond donors (Lipinski definition) is 1. The Bertz CT molecular complexity index is 527. The highest BCUT2D eigenvalue weighted by atomic mass is 32.1. The summed E-state index contributed by atoms with van der Waals surface area (Å²) in [6.45, 7) is 2.13. The Morgan fingerprint density at radius 2 is 2.06 bits per heavy atom. The summed E-state index contributed by atoms with van der Waals surface area (Å²) in [5, 5.41) is 3.42. The van der Waals surface area contributed by atoms with E-state index in [-0.39, 0.29) is 0 Å². The van der Waals surface area contributed by atoms with Crippen molar-refractivity contribution in [2.45, 2.75) is 31.7 Å². The number of hydrogen-bond acceptors (Lipinski definition) is 3. The van der Waals surface area contributed by atoms with Crippen LogP contribution in [0.1, 0.15) is 29.3 Å². The van der Waals surface area contributed by atoms with Crippen LogP contribution in [0.5, 0.6) is 0 Å². The lowest BCUT2D eigenvalue weighted by Crippen LogP contribution is -2.34. The minimum absolute atomic E-state index is 0.394. The van der Waals surface area contributed by atoms with Gasteiger partial charge in [0.05, 0.1) is 10.7 Å². The molecular weight excluding hydrogens is 228 g/mol. The largest absolute Gasteiger partial charge is 0.328 e. The van der Waals surface area contributed by atoms with Crippen LogP contribution < -0.4 is 5.73 Å². The van der Waals surface area contributed by atoms with Crippen molar-refractivity contribution in [3.05, 3.63) is 40.2 Å². The zero-order valence-electron chi connectivity index (χ0n) is 9.89. The molecule has 1 aromatic carbocycles. The van der Waals surface area contributed by atoms with Crippen LogP contribution in [0.4, 0.5) is 0 Å². The Kier molecular flexibility index (Phi) is 2.73. The average molecular weight is 244 g/mol. The highest BCUT2D eigenvalue weighted by molar-refractivity contribution is 7.10. The molecule has 0 amide bonds. The van der Waals surface area contributed by atoms with Gasteiger partial charge in [-0.25, -0.2) is 4.98 Å². The van der Waals surface area contributed by atoms with Gasteiger partial charge >= 0.3 is 0 Å². The molecule has 0 radical (unpaired) electrons. The predicted octanol–water partition coefficient (Wildman–Crippen LogP) is 3.32. The second kappa shape index (κ2) is 4.24. The minimum Gasteiger partial charge on any atom is -0.328 e. The van der Waals surface area contributed by atoms with E-state index in [0.29, 0.717) is 12.0 Å². The molecule has 2 nitrogen and oxygen atoms in total. The van der Waals surface area contributed by atoms with E-state index in [1.165, 1.54) is 16.1 Å². The molecule has 1 aliphatic carbocycles. The van der Waals surface area contributed by atoms with Gasteiger partial charge in [-0.1, -0.05) is 24.3 Å². The lowest BCUT2D eigenvalue weighted by Gasteiger charge is -2.30.